The number of benzene rings is 2. The molecule has 1 saturated heterocycles. The molecule has 2 aromatic carbocycles. The van der Waals surface area contributed by atoms with Crippen LogP contribution in [0.25, 0.3) is 0 Å². The summed E-state index contributed by atoms with van der Waals surface area (Å²) in [4.78, 5) is 32.1. The zero-order chi connectivity index (χ0) is 21.8. The predicted octanol–water partition coefficient (Wildman–Crippen LogP) is 3.32. The number of carbonyl (C=O) groups excluding carboxylic acids is 2. The number of hydrogen-bond acceptors (Lipinski definition) is 3. The highest BCUT2D eigenvalue weighted by Crippen LogP contribution is 2.24. The van der Waals surface area contributed by atoms with E-state index in [0.29, 0.717) is 25.1 Å². The van der Waals surface area contributed by atoms with Gasteiger partial charge in [0.15, 0.2) is 0 Å². The van der Waals surface area contributed by atoms with Gasteiger partial charge in [0.25, 0.3) is 5.91 Å². The summed E-state index contributed by atoms with van der Waals surface area (Å²) in [5, 5.41) is 3.14. The summed E-state index contributed by atoms with van der Waals surface area (Å²) in [6.07, 6.45) is 5.01. The van der Waals surface area contributed by atoms with Crippen LogP contribution in [0.3, 0.4) is 0 Å². The zero-order valence-electron chi connectivity index (χ0n) is 17.4. The van der Waals surface area contributed by atoms with E-state index in [1.54, 1.807) is 11.1 Å². The Morgan fingerprint density at radius 1 is 1.13 bits per heavy atom. The van der Waals surface area contributed by atoms with Crippen molar-refractivity contribution in [2.45, 2.75) is 18.9 Å². The molecule has 0 unspecified atom stereocenters. The molecule has 0 aliphatic carbocycles. The number of rotatable bonds is 5. The second-order valence-corrected chi connectivity index (χ2v) is 7.85. The number of carbonyl (C=O) groups is 2. The van der Waals surface area contributed by atoms with Gasteiger partial charge in [0, 0.05) is 38.1 Å². The fraction of sp³-hybridized carbons (Fsp3) is 0.292. The number of amides is 2. The third kappa shape index (κ3) is 4.66. The first-order chi connectivity index (χ1) is 15.0. The summed E-state index contributed by atoms with van der Waals surface area (Å²) in [6.45, 7) is 0.922. The van der Waals surface area contributed by atoms with Crippen LogP contribution in [0, 0.1) is 11.7 Å². The van der Waals surface area contributed by atoms with E-state index >= 15 is 0 Å². The maximum atomic E-state index is 13.2. The van der Waals surface area contributed by atoms with Crippen LogP contribution in [0.2, 0.25) is 0 Å². The number of aryl methyl sites for hydroxylation is 1. The lowest BCUT2D eigenvalue weighted by Gasteiger charge is -2.33. The molecule has 2 atom stereocenters. The largest absolute Gasteiger partial charge is 0.342 e. The number of likely N-dealkylation sites (tertiary alicyclic amines) is 1. The molecule has 2 amide bonds. The summed E-state index contributed by atoms with van der Waals surface area (Å²) in [7, 11) is 1.90. The topological polar surface area (TPSA) is 67.2 Å². The van der Waals surface area contributed by atoms with Crippen LogP contribution >= 0.6 is 0 Å². The van der Waals surface area contributed by atoms with Crippen LogP contribution in [0.1, 0.15) is 40.6 Å². The molecule has 4 rings (SSSR count). The molecule has 1 aliphatic rings. The molecule has 6 nitrogen and oxygen atoms in total. The van der Waals surface area contributed by atoms with E-state index in [0.717, 1.165) is 17.8 Å². The number of nitrogens with one attached hydrogen (secondary N) is 1. The van der Waals surface area contributed by atoms with Crippen LogP contribution in [0.4, 0.5) is 4.39 Å². The average molecular weight is 420 g/mol. The van der Waals surface area contributed by atoms with Gasteiger partial charge in [-0.15, -0.1) is 0 Å². The first-order valence-electron chi connectivity index (χ1n) is 10.4. The fourth-order valence-electron chi connectivity index (χ4n) is 4.01. The first-order valence-corrected chi connectivity index (χ1v) is 10.4. The number of piperidine rings is 1. The number of aromatic nitrogens is 2. The lowest BCUT2D eigenvalue weighted by molar-refractivity contribution is -0.126. The Labute approximate surface area is 180 Å². The Kier molecular flexibility index (Phi) is 6.11. The van der Waals surface area contributed by atoms with E-state index in [2.05, 4.69) is 10.3 Å². The first kappa shape index (κ1) is 20.8. The van der Waals surface area contributed by atoms with Gasteiger partial charge in [0.2, 0.25) is 5.91 Å². The molecule has 1 N–H and O–H groups in total. The van der Waals surface area contributed by atoms with Crippen molar-refractivity contribution in [1.82, 2.24) is 19.8 Å². The molecule has 1 aromatic heterocycles. The number of halogens is 1. The van der Waals surface area contributed by atoms with E-state index < -0.39 is 0 Å². The van der Waals surface area contributed by atoms with Gasteiger partial charge in [0.05, 0.1) is 5.92 Å². The molecule has 2 heterocycles. The van der Waals surface area contributed by atoms with Crippen LogP contribution in [-0.4, -0.2) is 39.4 Å². The van der Waals surface area contributed by atoms with Crippen molar-refractivity contribution >= 4 is 11.8 Å². The second kappa shape index (κ2) is 9.12. The van der Waals surface area contributed by atoms with Gasteiger partial charge in [0.1, 0.15) is 17.7 Å². The summed E-state index contributed by atoms with van der Waals surface area (Å²) in [5.41, 5.74) is 1.37. The minimum atomic E-state index is -0.381. The standard InChI is InChI=1S/C24H25FN4O2/c1-28-15-13-26-22(28)21(17-6-3-2-4-7-17)27-23(30)19-8-5-14-29(16-19)24(31)18-9-11-20(25)12-10-18/h2-4,6-7,9-13,15,19,21H,5,8,14,16H2,1H3,(H,27,30)/t19-,21-/m1/s1. The van der Waals surface area contributed by atoms with Crippen molar-refractivity contribution in [1.29, 1.82) is 0 Å². The van der Waals surface area contributed by atoms with Gasteiger partial charge in [-0.25, -0.2) is 9.37 Å². The monoisotopic (exact) mass is 420 g/mol. The average Bonchev–Trinajstić information content (AvgIpc) is 3.23. The summed E-state index contributed by atoms with van der Waals surface area (Å²) >= 11 is 0. The highest BCUT2D eigenvalue weighted by atomic mass is 19.1. The summed E-state index contributed by atoms with van der Waals surface area (Å²) in [6, 6.07) is 14.9. The minimum absolute atomic E-state index is 0.103. The van der Waals surface area contributed by atoms with Gasteiger partial charge in [-0.05, 0) is 42.7 Å². The number of nitrogens with zero attached hydrogens (tertiary/aromatic N) is 3. The Morgan fingerprint density at radius 2 is 1.87 bits per heavy atom. The van der Waals surface area contributed by atoms with Gasteiger partial charge in [-0.1, -0.05) is 30.3 Å². The summed E-state index contributed by atoms with van der Waals surface area (Å²) in [5.74, 6) is -0.234. The smallest absolute Gasteiger partial charge is 0.253 e. The van der Waals surface area contributed by atoms with Crippen molar-refractivity contribution in [2.24, 2.45) is 13.0 Å². The number of hydrogen-bond donors (Lipinski definition) is 1. The van der Waals surface area contributed by atoms with Crippen molar-refractivity contribution in [3.63, 3.8) is 0 Å². The van der Waals surface area contributed by atoms with Crippen molar-refractivity contribution in [3.05, 3.63) is 89.8 Å². The fourth-order valence-corrected chi connectivity index (χ4v) is 4.01. The second-order valence-electron chi connectivity index (χ2n) is 7.85. The quantitative estimate of drug-likeness (QED) is 0.689. The maximum absolute atomic E-state index is 13.2. The van der Waals surface area contributed by atoms with Crippen molar-refractivity contribution < 1.29 is 14.0 Å². The molecule has 160 valence electrons. The van der Waals surface area contributed by atoms with E-state index in [1.807, 2.05) is 48.1 Å². The molecular weight excluding hydrogens is 395 g/mol. The van der Waals surface area contributed by atoms with Gasteiger partial charge >= 0.3 is 0 Å². The normalized spacial score (nSPS) is 17.2. The minimum Gasteiger partial charge on any atom is -0.342 e. The predicted molar refractivity (Wildman–Crippen MR) is 115 cm³/mol. The van der Waals surface area contributed by atoms with Crippen LogP contribution in [0.5, 0.6) is 0 Å². The number of imidazole rings is 1. The van der Waals surface area contributed by atoms with Gasteiger partial charge in [-0.2, -0.15) is 0 Å². The lowest BCUT2D eigenvalue weighted by Crippen LogP contribution is -2.46. The molecule has 0 saturated carbocycles. The summed E-state index contributed by atoms with van der Waals surface area (Å²) < 4.78 is 15.1. The molecule has 31 heavy (non-hydrogen) atoms. The van der Waals surface area contributed by atoms with Crippen molar-refractivity contribution in [3.8, 4) is 0 Å². The van der Waals surface area contributed by atoms with E-state index in [4.69, 9.17) is 0 Å². The van der Waals surface area contributed by atoms with E-state index in [1.165, 1.54) is 24.3 Å². The molecule has 0 spiro atoms. The third-order valence-corrected chi connectivity index (χ3v) is 5.71. The third-order valence-electron chi connectivity index (χ3n) is 5.71. The highest BCUT2D eigenvalue weighted by molar-refractivity contribution is 5.94. The van der Waals surface area contributed by atoms with Crippen LogP contribution < -0.4 is 5.32 Å². The van der Waals surface area contributed by atoms with Gasteiger partial charge < -0.3 is 14.8 Å². The van der Waals surface area contributed by atoms with Gasteiger partial charge in [-0.3, -0.25) is 9.59 Å². The van der Waals surface area contributed by atoms with E-state index in [-0.39, 0.29) is 29.6 Å². The molecule has 0 radical (unpaired) electrons. The SMILES string of the molecule is Cn1ccnc1[C@H](NC(=O)[C@@H]1CCCN(C(=O)c2ccc(F)cc2)C1)c1ccccc1. The Bertz CT molecular complexity index is 1050. The zero-order valence-corrected chi connectivity index (χ0v) is 17.4. The van der Waals surface area contributed by atoms with E-state index in [9.17, 15) is 14.0 Å². The highest BCUT2D eigenvalue weighted by Gasteiger charge is 2.31. The Hall–Kier alpha value is -3.48. The maximum Gasteiger partial charge on any atom is 0.253 e. The molecule has 3 aromatic rings. The Morgan fingerprint density at radius 3 is 2.55 bits per heavy atom. The van der Waals surface area contributed by atoms with Crippen LogP contribution in [-0.2, 0) is 11.8 Å². The molecular formula is C24H25FN4O2. The lowest BCUT2D eigenvalue weighted by atomic mass is 9.95. The Balaban J connectivity index is 1.49. The molecule has 1 aliphatic heterocycles. The van der Waals surface area contributed by atoms with Crippen LogP contribution in [0.15, 0.2) is 67.0 Å². The molecule has 1 fully saturated rings. The molecule has 0 bridgehead atoms. The van der Waals surface area contributed by atoms with Crippen molar-refractivity contribution in [2.75, 3.05) is 13.1 Å². The molecule has 7 heteroatoms.